The summed E-state index contributed by atoms with van der Waals surface area (Å²) in [6.45, 7) is 6.34. The molecule has 1 fully saturated rings. The van der Waals surface area contributed by atoms with Gasteiger partial charge < -0.3 is 29.9 Å². The SMILES string of the molecule is Cc1cc2nc3c(=O)[nH]c(=O)nc-3n(CC[C@H](O)[C@H](O)CO)c2cc1NCCN1CCOCC1. The number of aliphatic hydroxyl groups excluding tert-OH is 3. The molecular formula is C22H30N6O6. The van der Waals surface area contributed by atoms with Crippen molar-refractivity contribution in [3.63, 3.8) is 0 Å². The Kier molecular flexibility index (Phi) is 7.54. The lowest BCUT2D eigenvalue weighted by Crippen LogP contribution is -2.39. The second-order valence-corrected chi connectivity index (χ2v) is 8.45. The fourth-order valence-electron chi connectivity index (χ4n) is 4.11. The molecule has 184 valence electrons. The average molecular weight is 475 g/mol. The van der Waals surface area contributed by atoms with Crippen LogP contribution in [0.4, 0.5) is 5.69 Å². The number of ether oxygens (including phenoxy) is 1. The van der Waals surface area contributed by atoms with Gasteiger partial charge in [-0.3, -0.25) is 14.7 Å². The third-order valence-electron chi connectivity index (χ3n) is 6.08. The molecule has 0 aliphatic carbocycles. The smallest absolute Gasteiger partial charge is 0.349 e. The topological polar surface area (TPSA) is 166 Å². The van der Waals surface area contributed by atoms with Gasteiger partial charge in [-0.05, 0) is 31.0 Å². The van der Waals surface area contributed by atoms with Crippen molar-refractivity contribution >= 4 is 16.7 Å². The molecule has 3 aliphatic rings. The summed E-state index contributed by atoms with van der Waals surface area (Å²) in [4.78, 5) is 37.2. The molecule has 3 heterocycles. The zero-order valence-electron chi connectivity index (χ0n) is 19.0. The molecule has 3 aliphatic heterocycles. The first-order valence-corrected chi connectivity index (χ1v) is 11.3. The van der Waals surface area contributed by atoms with E-state index in [2.05, 4.69) is 25.2 Å². The molecule has 0 saturated carbocycles. The van der Waals surface area contributed by atoms with Crippen molar-refractivity contribution in [1.82, 2.24) is 24.4 Å². The maximum absolute atomic E-state index is 12.4. The molecule has 0 spiro atoms. The zero-order valence-corrected chi connectivity index (χ0v) is 19.0. The Labute approximate surface area is 195 Å². The molecule has 0 radical (unpaired) electrons. The minimum Gasteiger partial charge on any atom is -0.394 e. The molecular weight excluding hydrogens is 444 g/mol. The van der Waals surface area contributed by atoms with E-state index in [0.717, 1.165) is 50.6 Å². The zero-order chi connectivity index (χ0) is 24.2. The van der Waals surface area contributed by atoms with Crippen LogP contribution in [-0.4, -0.2) is 97.9 Å². The van der Waals surface area contributed by atoms with Gasteiger partial charge >= 0.3 is 5.69 Å². The van der Waals surface area contributed by atoms with Gasteiger partial charge in [0.15, 0.2) is 11.5 Å². The second-order valence-electron chi connectivity index (χ2n) is 8.45. The number of hydrogen-bond donors (Lipinski definition) is 5. The summed E-state index contributed by atoms with van der Waals surface area (Å²) >= 11 is 0. The molecule has 12 nitrogen and oxygen atoms in total. The van der Waals surface area contributed by atoms with Crippen LogP contribution in [0, 0.1) is 6.92 Å². The van der Waals surface area contributed by atoms with Gasteiger partial charge in [-0.1, -0.05) is 0 Å². The lowest BCUT2D eigenvalue weighted by molar-refractivity contribution is -0.0191. The molecule has 12 heteroatoms. The minimum absolute atomic E-state index is 0.0109. The Hall–Kier alpha value is -2.90. The average Bonchev–Trinajstić information content (AvgIpc) is 2.82. The molecule has 4 rings (SSSR count). The lowest BCUT2D eigenvalue weighted by Gasteiger charge is -2.27. The third-order valence-corrected chi connectivity index (χ3v) is 6.08. The summed E-state index contributed by atoms with van der Waals surface area (Å²) in [6.07, 6.45) is -2.43. The number of aromatic nitrogens is 4. The molecule has 1 saturated heterocycles. The highest BCUT2D eigenvalue weighted by Crippen LogP contribution is 2.27. The first kappa shape index (κ1) is 24.2. The van der Waals surface area contributed by atoms with Gasteiger partial charge in [-0.25, -0.2) is 9.78 Å². The van der Waals surface area contributed by atoms with Gasteiger partial charge in [0.05, 0.1) is 37.0 Å². The number of anilines is 1. The number of nitrogens with one attached hydrogen (secondary N) is 2. The Morgan fingerprint density at radius 1 is 1.15 bits per heavy atom. The summed E-state index contributed by atoms with van der Waals surface area (Å²) < 4.78 is 7.03. The standard InChI is InChI=1S/C22H30N6O6/c1-13-10-15-16(11-14(13)23-3-5-27-6-8-34-9-7-27)28(4-2-17(30)18(31)12-29)20-19(24-15)21(32)26-22(33)25-20/h10-11,17-18,23,29-31H,2-9,12H2,1H3,(H,26,32,33)/t17-,18+/m0/s1. The predicted molar refractivity (Wildman–Crippen MR) is 125 cm³/mol. The van der Waals surface area contributed by atoms with Crippen LogP contribution in [0.3, 0.4) is 0 Å². The van der Waals surface area contributed by atoms with Crippen molar-refractivity contribution < 1.29 is 20.1 Å². The van der Waals surface area contributed by atoms with E-state index in [9.17, 15) is 19.8 Å². The minimum atomic E-state index is -1.30. The normalized spacial score (nSPS) is 16.7. The van der Waals surface area contributed by atoms with Crippen molar-refractivity contribution in [2.45, 2.75) is 32.1 Å². The fourth-order valence-corrected chi connectivity index (χ4v) is 4.11. The van der Waals surface area contributed by atoms with Crippen molar-refractivity contribution in [3.05, 3.63) is 38.5 Å². The number of nitrogens with zero attached hydrogens (tertiary/aromatic N) is 4. The van der Waals surface area contributed by atoms with E-state index in [-0.39, 0.29) is 24.5 Å². The molecule has 0 bridgehead atoms. The number of benzene rings is 1. The van der Waals surface area contributed by atoms with Gasteiger partial charge in [0.25, 0.3) is 5.56 Å². The van der Waals surface area contributed by atoms with E-state index in [1.165, 1.54) is 0 Å². The highest BCUT2D eigenvalue weighted by molar-refractivity contribution is 5.84. The van der Waals surface area contributed by atoms with E-state index in [4.69, 9.17) is 9.84 Å². The Morgan fingerprint density at radius 2 is 1.91 bits per heavy atom. The van der Waals surface area contributed by atoms with E-state index < -0.39 is 30.1 Å². The van der Waals surface area contributed by atoms with Gasteiger partial charge in [0.1, 0.15) is 6.10 Å². The number of rotatable bonds is 9. The maximum atomic E-state index is 12.4. The van der Waals surface area contributed by atoms with Crippen LogP contribution in [0.25, 0.3) is 22.6 Å². The Bertz CT molecular complexity index is 1220. The van der Waals surface area contributed by atoms with Crippen LogP contribution in [0.15, 0.2) is 21.7 Å². The number of aromatic amines is 1. The molecule has 0 unspecified atom stereocenters. The number of H-pyrrole nitrogens is 1. The quantitative estimate of drug-likeness (QED) is 0.236. The van der Waals surface area contributed by atoms with E-state index in [0.29, 0.717) is 11.0 Å². The van der Waals surface area contributed by atoms with Gasteiger partial charge in [0.2, 0.25) is 0 Å². The molecule has 1 aromatic rings. The Morgan fingerprint density at radius 3 is 2.65 bits per heavy atom. The van der Waals surface area contributed by atoms with E-state index in [1.54, 1.807) is 4.57 Å². The number of aliphatic hydroxyl groups is 3. The highest BCUT2D eigenvalue weighted by atomic mass is 16.5. The van der Waals surface area contributed by atoms with Crippen LogP contribution in [-0.2, 0) is 11.3 Å². The monoisotopic (exact) mass is 474 g/mol. The van der Waals surface area contributed by atoms with Crippen LogP contribution in [0.2, 0.25) is 0 Å². The predicted octanol–water partition coefficient (Wildman–Crippen LogP) is -1.26. The number of fused-ring (bicyclic) bond motifs is 2. The highest BCUT2D eigenvalue weighted by Gasteiger charge is 2.22. The van der Waals surface area contributed by atoms with E-state index in [1.807, 2.05) is 19.1 Å². The largest absolute Gasteiger partial charge is 0.394 e. The van der Waals surface area contributed by atoms with Gasteiger partial charge in [0, 0.05) is 38.4 Å². The van der Waals surface area contributed by atoms with Crippen molar-refractivity contribution in [3.8, 4) is 11.5 Å². The Balaban J connectivity index is 1.70. The fraction of sp³-hybridized carbons (Fsp3) is 0.545. The van der Waals surface area contributed by atoms with Gasteiger partial charge in [-0.2, -0.15) is 4.98 Å². The molecule has 5 N–H and O–H groups in total. The maximum Gasteiger partial charge on any atom is 0.349 e. The molecule has 0 amide bonds. The summed E-state index contributed by atoms with van der Waals surface area (Å²) in [5.41, 5.74) is 1.54. The summed E-state index contributed by atoms with van der Waals surface area (Å²) in [5, 5.41) is 32.5. The van der Waals surface area contributed by atoms with Crippen molar-refractivity contribution in [2.75, 3.05) is 51.3 Å². The molecule has 0 aromatic heterocycles. The molecule has 34 heavy (non-hydrogen) atoms. The third kappa shape index (κ3) is 5.26. The van der Waals surface area contributed by atoms with Crippen molar-refractivity contribution in [1.29, 1.82) is 0 Å². The number of hydrogen-bond acceptors (Lipinski definition) is 10. The van der Waals surface area contributed by atoms with Crippen LogP contribution in [0.5, 0.6) is 0 Å². The van der Waals surface area contributed by atoms with Crippen LogP contribution < -0.4 is 16.6 Å². The number of aryl methyl sites for hydroxylation is 2. The lowest BCUT2D eigenvalue weighted by atomic mass is 10.1. The summed E-state index contributed by atoms with van der Waals surface area (Å²) in [7, 11) is 0. The summed E-state index contributed by atoms with van der Waals surface area (Å²) in [5.74, 6) is 0.0926. The molecule has 2 atom stereocenters. The molecule has 1 aromatic carbocycles. The summed E-state index contributed by atoms with van der Waals surface area (Å²) in [6, 6.07) is 3.74. The number of morpholine rings is 1. The van der Waals surface area contributed by atoms with Crippen molar-refractivity contribution in [2.24, 2.45) is 0 Å². The van der Waals surface area contributed by atoms with Crippen LogP contribution in [0.1, 0.15) is 12.0 Å². The van der Waals surface area contributed by atoms with E-state index >= 15 is 0 Å². The van der Waals surface area contributed by atoms with Gasteiger partial charge in [-0.15, -0.1) is 0 Å². The first-order valence-electron chi connectivity index (χ1n) is 11.3. The second kappa shape index (κ2) is 10.6. The first-order chi connectivity index (χ1) is 16.4. The van der Waals surface area contributed by atoms with Crippen LogP contribution >= 0.6 is 0 Å².